The Hall–Kier alpha value is -3.73. The van der Waals surface area contributed by atoms with Gasteiger partial charge in [0.1, 0.15) is 11.5 Å². The molecule has 1 aliphatic rings. The van der Waals surface area contributed by atoms with Gasteiger partial charge in [0, 0.05) is 49.1 Å². The van der Waals surface area contributed by atoms with Crippen molar-refractivity contribution in [2.75, 3.05) is 26.8 Å². The van der Waals surface area contributed by atoms with Crippen molar-refractivity contribution in [1.29, 1.82) is 0 Å². The zero-order valence-corrected chi connectivity index (χ0v) is 21.2. The zero-order chi connectivity index (χ0) is 24.9. The predicted octanol–water partition coefficient (Wildman–Crippen LogP) is 6.24. The molecule has 1 fully saturated rings. The molecule has 3 aromatic carbocycles. The molecule has 0 N–H and O–H groups in total. The molecule has 0 radical (unpaired) electrons. The van der Waals surface area contributed by atoms with Gasteiger partial charge < -0.3 is 18.9 Å². The lowest BCUT2D eigenvalue weighted by Gasteiger charge is -2.22. The first-order valence-electron chi connectivity index (χ1n) is 12.9. The minimum absolute atomic E-state index is 0.0317. The third-order valence-corrected chi connectivity index (χ3v) is 7.14. The van der Waals surface area contributed by atoms with Gasteiger partial charge in [-0.25, -0.2) is 0 Å². The number of likely N-dealkylation sites (tertiary alicyclic amines) is 1. The van der Waals surface area contributed by atoms with Crippen LogP contribution in [0.3, 0.4) is 0 Å². The summed E-state index contributed by atoms with van der Waals surface area (Å²) in [5.41, 5.74) is 4.70. The molecule has 0 aliphatic carbocycles. The van der Waals surface area contributed by atoms with Crippen molar-refractivity contribution in [2.24, 2.45) is 0 Å². The van der Waals surface area contributed by atoms with Crippen molar-refractivity contribution in [1.82, 2.24) is 9.47 Å². The SMILES string of the molecule is CCOc1ccc([C@H](CC(=O)N2CCCC2)c2cn(Cc3ccc(OC)cc3)c3ccccc23)cc1. The molecular formula is C31H34N2O3. The number of benzene rings is 3. The highest BCUT2D eigenvalue weighted by Gasteiger charge is 2.26. The van der Waals surface area contributed by atoms with Crippen molar-refractivity contribution in [3.63, 3.8) is 0 Å². The minimum Gasteiger partial charge on any atom is -0.497 e. The van der Waals surface area contributed by atoms with Gasteiger partial charge in [-0.2, -0.15) is 0 Å². The highest BCUT2D eigenvalue weighted by Crippen LogP contribution is 2.36. The number of carbonyl (C=O) groups is 1. The topological polar surface area (TPSA) is 43.7 Å². The van der Waals surface area contributed by atoms with Crippen molar-refractivity contribution in [2.45, 2.75) is 38.6 Å². The summed E-state index contributed by atoms with van der Waals surface area (Å²) in [6, 6.07) is 25.0. The van der Waals surface area contributed by atoms with E-state index in [-0.39, 0.29) is 11.8 Å². The lowest BCUT2D eigenvalue weighted by molar-refractivity contribution is -0.130. The monoisotopic (exact) mass is 482 g/mol. The fourth-order valence-corrected chi connectivity index (χ4v) is 5.25. The first kappa shape index (κ1) is 24.0. The maximum absolute atomic E-state index is 13.3. The van der Waals surface area contributed by atoms with Crippen molar-refractivity contribution in [3.8, 4) is 11.5 Å². The second-order valence-electron chi connectivity index (χ2n) is 9.42. The third-order valence-electron chi connectivity index (χ3n) is 7.14. The van der Waals surface area contributed by atoms with Gasteiger partial charge in [-0.15, -0.1) is 0 Å². The molecule has 5 rings (SSSR count). The summed E-state index contributed by atoms with van der Waals surface area (Å²) in [7, 11) is 1.69. The molecule has 2 heterocycles. The molecule has 0 spiro atoms. The standard InChI is InChI=1S/C31H34N2O3/c1-3-36-26-16-12-24(13-17-26)28(20-31(34)32-18-6-7-19-32)29-22-33(30-9-5-4-8-27(29)30)21-23-10-14-25(35-2)15-11-23/h4-5,8-17,22,28H,3,6-7,18-21H2,1-2H3/t28-/m0/s1. The van der Waals surface area contributed by atoms with E-state index in [2.05, 4.69) is 59.3 Å². The summed E-state index contributed by atoms with van der Waals surface area (Å²) in [5.74, 6) is 1.91. The second-order valence-corrected chi connectivity index (χ2v) is 9.42. The highest BCUT2D eigenvalue weighted by molar-refractivity contribution is 5.87. The van der Waals surface area contributed by atoms with Crippen molar-refractivity contribution in [3.05, 3.63) is 95.7 Å². The number of aromatic nitrogens is 1. The van der Waals surface area contributed by atoms with Crippen LogP contribution in [0, 0.1) is 0 Å². The molecule has 1 amide bonds. The number of fused-ring (bicyclic) bond motifs is 1. The van der Waals surface area contributed by atoms with Crippen LogP contribution >= 0.6 is 0 Å². The highest BCUT2D eigenvalue weighted by atomic mass is 16.5. The number of hydrogen-bond acceptors (Lipinski definition) is 3. The van der Waals surface area contributed by atoms with Gasteiger partial charge in [-0.1, -0.05) is 42.5 Å². The average Bonchev–Trinajstić information content (AvgIpc) is 3.58. The Morgan fingerprint density at radius 1 is 0.917 bits per heavy atom. The van der Waals surface area contributed by atoms with Gasteiger partial charge in [0.25, 0.3) is 0 Å². The van der Waals surface area contributed by atoms with E-state index in [0.29, 0.717) is 13.0 Å². The van der Waals surface area contributed by atoms with Crippen molar-refractivity contribution < 1.29 is 14.3 Å². The Kier molecular flexibility index (Phi) is 7.26. The van der Waals surface area contributed by atoms with Crippen LogP contribution in [-0.2, 0) is 11.3 Å². The van der Waals surface area contributed by atoms with Crippen LogP contribution in [0.4, 0.5) is 0 Å². The molecule has 1 atom stereocenters. The van der Waals surface area contributed by atoms with Gasteiger partial charge in [0.2, 0.25) is 5.91 Å². The van der Waals surface area contributed by atoms with Gasteiger partial charge >= 0.3 is 0 Å². The lowest BCUT2D eigenvalue weighted by atomic mass is 9.87. The summed E-state index contributed by atoms with van der Waals surface area (Å²) in [5, 5.41) is 1.19. The first-order chi connectivity index (χ1) is 17.7. The quantitative estimate of drug-likeness (QED) is 0.284. The Bertz CT molecular complexity index is 1300. The molecule has 0 saturated carbocycles. The number of rotatable bonds is 9. The van der Waals surface area contributed by atoms with Crippen LogP contribution in [0.2, 0.25) is 0 Å². The maximum Gasteiger partial charge on any atom is 0.223 e. The van der Waals surface area contributed by atoms with Crippen LogP contribution in [0.1, 0.15) is 48.8 Å². The molecule has 186 valence electrons. The van der Waals surface area contributed by atoms with E-state index in [9.17, 15) is 4.79 Å². The van der Waals surface area contributed by atoms with E-state index >= 15 is 0 Å². The van der Waals surface area contributed by atoms with E-state index in [1.54, 1.807) is 7.11 Å². The summed E-state index contributed by atoms with van der Waals surface area (Å²) >= 11 is 0. The molecule has 5 heteroatoms. The largest absolute Gasteiger partial charge is 0.497 e. The van der Waals surface area contributed by atoms with Gasteiger partial charge in [0.05, 0.1) is 13.7 Å². The number of hydrogen-bond donors (Lipinski definition) is 0. The lowest BCUT2D eigenvalue weighted by Crippen LogP contribution is -2.29. The normalized spacial score (nSPS) is 14.2. The summed E-state index contributed by atoms with van der Waals surface area (Å²) in [6.07, 6.45) is 4.90. The number of para-hydroxylation sites is 1. The number of ether oxygens (including phenoxy) is 2. The Labute approximate surface area is 213 Å². The van der Waals surface area contributed by atoms with E-state index in [4.69, 9.17) is 9.47 Å². The van der Waals surface area contributed by atoms with E-state index in [1.165, 1.54) is 22.0 Å². The molecule has 5 nitrogen and oxygen atoms in total. The smallest absolute Gasteiger partial charge is 0.223 e. The number of nitrogens with zero attached hydrogens (tertiary/aromatic N) is 2. The summed E-state index contributed by atoms with van der Waals surface area (Å²) in [6.45, 7) is 5.11. The second kappa shape index (κ2) is 10.9. The number of methoxy groups -OCH3 is 1. The zero-order valence-electron chi connectivity index (χ0n) is 21.2. The molecule has 0 unspecified atom stereocenters. The molecule has 1 saturated heterocycles. The van der Waals surface area contributed by atoms with E-state index in [1.807, 2.05) is 36.1 Å². The van der Waals surface area contributed by atoms with Crippen LogP contribution in [-0.4, -0.2) is 42.2 Å². The number of amides is 1. The molecular weight excluding hydrogens is 448 g/mol. The Morgan fingerprint density at radius 3 is 2.31 bits per heavy atom. The fraction of sp³-hybridized carbons (Fsp3) is 0.323. The van der Waals surface area contributed by atoms with E-state index < -0.39 is 0 Å². The maximum atomic E-state index is 13.3. The molecule has 0 bridgehead atoms. The van der Waals surface area contributed by atoms with Crippen LogP contribution in [0.25, 0.3) is 10.9 Å². The van der Waals surface area contributed by atoms with Gasteiger partial charge in [-0.3, -0.25) is 4.79 Å². The van der Waals surface area contributed by atoms with Crippen LogP contribution in [0.15, 0.2) is 79.0 Å². The third kappa shape index (κ3) is 5.11. The Morgan fingerprint density at radius 2 is 1.61 bits per heavy atom. The van der Waals surface area contributed by atoms with Gasteiger partial charge in [-0.05, 0) is 66.8 Å². The number of carbonyl (C=O) groups excluding carboxylic acids is 1. The first-order valence-corrected chi connectivity index (χ1v) is 12.9. The predicted molar refractivity (Wildman–Crippen MR) is 144 cm³/mol. The Balaban J connectivity index is 1.53. The van der Waals surface area contributed by atoms with Gasteiger partial charge in [0.15, 0.2) is 0 Å². The molecule has 1 aliphatic heterocycles. The fourth-order valence-electron chi connectivity index (χ4n) is 5.25. The summed E-state index contributed by atoms with van der Waals surface area (Å²) in [4.78, 5) is 15.4. The minimum atomic E-state index is -0.0317. The molecule has 4 aromatic rings. The average molecular weight is 483 g/mol. The van der Waals surface area contributed by atoms with Crippen LogP contribution in [0.5, 0.6) is 11.5 Å². The van der Waals surface area contributed by atoms with Crippen molar-refractivity contribution >= 4 is 16.8 Å². The summed E-state index contributed by atoms with van der Waals surface area (Å²) < 4.78 is 13.3. The molecule has 36 heavy (non-hydrogen) atoms. The van der Waals surface area contributed by atoms with Crippen LogP contribution < -0.4 is 9.47 Å². The van der Waals surface area contributed by atoms with E-state index in [0.717, 1.165) is 49.5 Å². The molecule has 1 aromatic heterocycles.